The van der Waals surface area contributed by atoms with Gasteiger partial charge in [0.05, 0.1) is 6.61 Å². The van der Waals surface area contributed by atoms with E-state index in [0.717, 1.165) is 31.7 Å². The molecule has 20 heavy (non-hydrogen) atoms. The lowest BCUT2D eigenvalue weighted by molar-refractivity contribution is 0.310. The van der Waals surface area contributed by atoms with Gasteiger partial charge in [0.2, 0.25) is 0 Å². The Morgan fingerprint density at radius 1 is 1.15 bits per heavy atom. The molecule has 1 atom stereocenters. The summed E-state index contributed by atoms with van der Waals surface area (Å²) in [5.74, 6) is 1.01. The van der Waals surface area contributed by atoms with Gasteiger partial charge in [0, 0.05) is 22.9 Å². The quantitative estimate of drug-likeness (QED) is 0.776. The van der Waals surface area contributed by atoms with E-state index >= 15 is 0 Å². The van der Waals surface area contributed by atoms with Crippen LogP contribution in [-0.2, 0) is 6.42 Å². The number of hydrogen-bond donors (Lipinski definition) is 1. The molecule has 0 aliphatic carbocycles. The zero-order valence-corrected chi connectivity index (χ0v) is 13.1. The highest BCUT2D eigenvalue weighted by atomic mass is 32.1. The lowest BCUT2D eigenvalue weighted by Gasteiger charge is -2.21. The van der Waals surface area contributed by atoms with Gasteiger partial charge >= 0.3 is 0 Å². The first-order valence-corrected chi connectivity index (χ1v) is 8.20. The van der Waals surface area contributed by atoms with Gasteiger partial charge in [0.1, 0.15) is 5.75 Å². The summed E-state index contributed by atoms with van der Waals surface area (Å²) in [5.41, 5.74) is 1.26. The van der Waals surface area contributed by atoms with Crippen LogP contribution in [0, 0.1) is 0 Å². The maximum absolute atomic E-state index is 5.90. The Kier molecular flexibility index (Phi) is 6.09. The summed E-state index contributed by atoms with van der Waals surface area (Å²) in [6.07, 6.45) is 2.04. The van der Waals surface area contributed by atoms with Crippen molar-refractivity contribution in [1.29, 1.82) is 0 Å². The van der Waals surface area contributed by atoms with E-state index in [4.69, 9.17) is 4.74 Å². The van der Waals surface area contributed by atoms with Crippen LogP contribution >= 0.6 is 11.3 Å². The normalized spacial score (nSPS) is 12.3. The third kappa shape index (κ3) is 4.09. The summed E-state index contributed by atoms with van der Waals surface area (Å²) in [6.45, 7) is 6.01. The fourth-order valence-electron chi connectivity index (χ4n) is 2.28. The van der Waals surface area contributed by atoms with Crippen molar-refractivity contribution in [3.8, 4) is 5.75 Å². The molecule has 0 radical (unpaired) electrons. The van der Waals surface area contributed by atoms with E-state index < -0.39 is 0 Å². The minimum Gasteiger partial charge on any atom is -0.493 e. The van der Waals surface area contributed by atoms with Crippen molar-refractivity contribution < 1.29 is 4.74 Å². The number of para-hydroxylation sites is 1. The first-order valence-electron chi connectivity index (χ1n) is 7.32. The Morgan fingerprint density at radius 2 is 2.00 bits per heavy atom. The molecular weight excluding hydrogens is 266 g/mol. The van der Waals surface area contributed by atoms with E-state index in [0.29, 0.717) is 6.04 Å². The lowest BCUT2D eigenvalue weighted by atomic mass is 10.0. The summed E-state index contributed by atoms with van der Waals surface area (Å²) >= 11 is 1.81. The average Bonchev–Trinajstić information content (AvgIpc) is 2.98. The molecule has 1 N–H and O–H groups in total. The van der Waals surface area contributed by atoms with Crippen molar-refractivity contribution in [1.82, 2.24) is 5.32 Å². The molecule has 0 aliphatic heterocycles. The van der Waals surface area contributed by atoms with Crippen molar-refractivity contribution in [2.75, 3.05) is 13.2 Å². The van der Waals surface area contributed by atoms with Gasteiger partial charge in [-0.05, 0) is 30.5 Å². The van der Waals surface area contributed by atoms with Gasteiger partial charge in [-0.15, -0.1) is 11.3 Å². The van der Waals surface area contributed by atoms with Crippen LogP contribution in [-0.4, -0.2) is 13.2 Å². The van der Waals surface area contributed by atoms with E-state index in [9.17, 15) is 0 Å². The zero-order valence-electron chi connectivity index (χ0n) is 12.3. The van der Waals surface area contributed by atoms with Crippen molar-refractivity contribution in [2.45, 2.75) is 32.7 Å². The van der Waals surface area contributed by atoms with E-state index in [1.54, 1.807) is 0 Å². The van der Waals surface area contributed by atoms with E-state index in [-0.39, 0.29) is 0 Å². The third-order valence-corrected chi connectivity index (χ3v) is 4.09. The third-order valence-electron chi connectivity index (χ3n) is 3.19. The maximum atomic E-state index is 5.90. The second-order valence-corrected chi connectivity index (χ2v) is 5.81. The van der Waals surface area contributed by atoms with Crippen molar-refractivity contribution in [2.24, 2.45) is 0 Å². The average molecular weight is 289 g/mol. The molecule has 1 aromatic heterocycles. The lowest BCUT2D eigenvalue weighted by Crippen LogP contribution is -2.23. The topological polar surface area (TPSA) is 21.3 Å². The Balaban J connectivity index is 2.19. The molecule has 0 spiro atoms. The Bertz CT molecular complexity index is 495. The van der Waals surface area contributed by atoms with Crippen LogP contribution in [0.15, 0.2) is 41.8 Å². The number of thiophene rings is 1. The number of ether oxygens (including phenoxy) is 1. The molecule has 1 unspecified atom stereocenters. The standard InChI is InChI=1S/C17H23NOS/c1-3-11-19-17-10-6-5-9-15(17)16(18-4-2)13-14-8-7-12-20-14/h5-10,12,16,18H,3-4,11,13H2,1-2H3. The molecule has 0 fully saturated rings. The first kappa shape index (κ1) is 15.1. The molecule has 2 aromatic rings. The number of benzene rings is 1. The molecule has 0 saturated carbocycles. The Morgan fingerprint density at radius 3 is 2.70 bits per heavy atom. The van der Waals surface area contributed by atoms with Crippen molar-refractivity contribution >= 4 is 11.3 Å². The predicted molar refractivity (Wildman–Crippen MR) is 86.7 cm³/mol. The SMILES string of the molecule is CCCOc1ccccc1C(Cc1cccs1)NCC. The summed E-state index contributed by atoms with van der Waals surface area (Å²) in [6, 6.07) is 13.0. The zero-order chi connectivity index (χ0) is 14.2. The highest BCUT2D eigenvalue weighted by Crippen LogP contribution is 2.29. The van der Waals surface area contributed by atoms with Crippen LogP contribution in [0.1, 0.15) is 36.8 Å². The smallest absolute Gasteiger partial charge is 0.124 e. The minimum atomic E-state index is 0.312. The highest BCUT2D eigenvalue weighted by molar-refractivity contribution is 7.09. The van der Waals surface area contributed by atoms with Crippen molar-refractivity contribution in [3.63, 3.8) is 0 Å². The van der Waals surface area contributed by atoms with Gasteiger partial charge in [-0.1, -0.05) is 38.1 Å². The molecule has 0 amide bonds. The van der Waals surface area contributed by atoms with E-state index in [2.05, 4.69) is 54.9 Å². The highest BCUT2D eigenvalue weighted by Gasteiger charge is 2.16. The summed E-state index contributed by atoms with van der Waals surface area (Å²) in [7, 11) is 0. The number of rotatable bonds is 8. The molecule has 108 valence electrons. The van der Waals surface area contributed by atoms with E-state index in [1.165, 1.54) is 10.4 Å². The fourth-order valence-corrected chi connectivity index (χ4v) is 3.03. The molecule has 2 nitrogen and oxygen atoms in total. The van der Waals surface area contributed by atoms with Crippen LogP contribution in [0.3, 0.4) is 0 Å². The predicted octanol–water partition coefficient (Wildman–Crippen LogP) is 4.43. The Hall–Kier alpha value is -1.32. The van der Waals surface area contributed by atoms with Crippen LogP contribution in [0.4, 0.5) is 0 Å². The van der Waals surface area contributed by atoms with Gasteiger partial charge < -0.3 is 10.1 Å². The summed E-state index contributed by atoms with van der Waals surface area (Å²) in [4.78, 5) is 1.40. The van der Waals surface area contributed by atoms with Gasteiger partial charge in [-0.2, -0.15) is 0 Å². The van der Waals surface area contributed by atoms with Crippen LogP contribution in [0.2, 0.25) is 0 Å². The van der Waals surface area contributed by atoms with Gasteiger partial charge in [0.25, 0.3) is 0 Å². The fraction of sp³-hybridized carbons (Fsp3) is 0.412. The van der Waals surface area contributed by atoms with E-state index in [1.807, 2.05) is 17.4 Å². The largest absolute Gasteiger partial charge is 0.493 e. The summed E-state index contributed by atoms with van der Waals surface area (Å²) < 4.78 is 5.90. The van der Waals surface area contributed by atoms with Gasteiger partial charge in [0.15, 0.2) is 0 Å². The van der Waals surface area contributed by atoms with Crippen LogP contribution in [0.5, 0.6) is 5.75 Å². The number of likely N-dealkylation sites (N-methyl/N-ethyl adjacent to an activating group) is 1. The monoisotopic (exact) mass is 289 g/mol. The second kappa shape index (κ2) is 8.08. The molecule has 0 bridgehead atoms. The van der Waals surface area contributed by atoms with Gasteiger partial charge in [-0.3, -0.25) is 0 Å². The molecule has 3 heteroatoms. The Labute approximate surface area is 125 Å². The molecule has 0 saturated heterocycles. The summed E-state index contributed by atoms with van der Waals surface area (Å²) in [5, 5.41) is 5.72. The van der Waals surface area contributed by atoms with Crippen LogP contribution in [0.25, 0.3) is 0 Å². The molecule has 0 aliphatic rings. The molecule has 2 rings (SSSR count). The minimum absolute atomic E-state index is 0.312. The first-order chi connectivity index (χ1) is 9.85. The number of hydrogen-bond acceptors (Lipinski definition) is 3. The van der Waals surface area contributed by atoms with Crippen LogP contribution < -0.4 is 10.1 Å². The van der Waals surface area contributed by atoms with Gasteiger partial charge in [-0.25, -0.2) is 0 Å². The molecule has 1 heterocycles. The van der Waals surface area contributed by atoms with Crippen molar-refractivity contribution in [3.05, 3.63) is 52.2 Å². The molecular formula is C17H23NOS. The number of nitrogens with one attached hydrogen (secondary N) is 1. The second-order valence-electron chi connectivity index (χ2n) is 4.78. The molecule has 1 aromatic carbocycles. The maximum Gasteiger partial charge on any atom is 0.124 e.